The number of hydrogen-bond acceptors (Lipinski definition) is 1. The predicted molar refractivity (Wildman–Crippen MR) is 80.7 cm³/mol. The van der Waals surface area contributed by atoms with Gasteiger partial charge in [0.2, 0.25) is 0 Å². The lowest BCUT2D eigenvalue weighted by Crippen LogP contribution is -2.50. The monoisotopic (exact) mass is 291 g/mol. The lowest BCUT2D eigenvalue weighted by Gasteiger charge is -2.45. The fraction of sp³-hybridized carbons (Fsp3) is 0.250. The summed E-state index contributed by atoms with van der Waals surface area (Å²) in [6, 6.07) is 18.8. The van der Waals surface area contributed by atoms with E-state index in [9.17, 15) is 0 Å². The SMILES string of the molecule is Clc1ccc([C@H]2[C@H](Cl)CN2Cc2ccccc2)cc1. The van der Waals surface area contributed by atoms with Gasteiger partial charge >= 0.3 is 0 Å². The van der Waals surface area contributed by atoms with Gasteiger partial charge in [-0.2, -0.15) is 0 Å². The molecule has 3 heteroatoms. The largest absolute Gasteiger partial charge is 0.289 e. The molecule has 2 atom stereocenters. The van der Waals surface area contributed by atoms with Crippen molar-refractivity contribution in [3.63, 3.8) is 0 Å². The van der Waals surface area contributed by atoms with Crippen molar-refractivity contribution in [1.82, 2.24) is 4.90 Å². The molecule has 2 aromatic carbocycles. The summed E-state index contributed by atoms with van der Waals surface area (Å²) < 4.78 is 0. The van der Waals surface area contributed by atoms with E-state index in [0.717, 1.165) is 18.1 Å². The van der Waals surface area contributed by atoms with Gasteiger partial charge in [0.1, 0.15) is 0 Å². The summed E-state index contributed by atoms with van der Waals surface area (Å²) in [4.78, 5) is 2.40. The molecule has 0 radical (unpaired) electrons. The molecule has 98 valence electrons. The van der Waals surface area contributed by atoms with Crippen LogP contribution in [-0.4, -0.2) is 16.8 Å². The Kier molecular flexibility index (Phi) is 3.79. The van der Waals surface area contributed by atoms with Crippen molar-refractivity contribution in [2.45, 2.75) is 18.0 Å². The highest BCUT2D eigenvalue weighted by Gasteiger charge is 2.38. The summed E-state index contributed by atoms with van der Waals surface area (Å²) in [5, 5.41) is 0.952. The third-order valence-electron chi connectivity index (χ3n) is 3.58. The van der Waals surface area contributed by atoms with E-state index in [4.69, 9.17) is 23.2 Å². The van der Waals surface area contributed by atoms with Crippen LogP contribution in [0.1, 0.15) is 17.2 Å². The average Bonchev–Trinajstić information content (AvgIpc) is 2.42. The Balaban J connectivity index is 1.75. The van der Waals surface area contributed by atoms with Gasteiger partial charge in [0.25, 0.3) is 0 Å². The van der Waals surface area contributed by atoms with Gasteiger partial charge in [-0.1, -0.05) is 54.1 Å². The molecule has 1 fully saturated rings. The van der Waals surface area contributed by atoms with Crippen LogP contribution < -0.4 is 0 Å². The number of hydrogen-bond donors (Lipinski definition) is 0. The van der Waals surface area contributed by atoms with Crippen LogP contribution in [0.25, 0.3) is 0 Å². The Hall–Kier alpha value is -1.02. The first-order valence-electron chi connectivity index (χ1n) is 6.41. The maximum atomic E-state index is 6.38. The molecule has 1 saturated heterocycles. The first-order valence-corrected chi connectivity index (χ1v) is 7.23. The molecule has 2 aromatic rings. The molecule has 1 aliphatic rings. The Morgan fingerprint density at radius 1 is 1.00 bits per heavy atom. The Bertz CT molecular complexity index is 538. The standard InChI is InChI=1S/C16H15Cl2N/c17-14-8-6-13(7-9-14)16-15(18)11-19(16)10-12-4-2-1-3-5-12/h1-9,15-16H,10-11H2/t15-,16+/m1/s1. The molecular formula is C16H15Cl2N. The van der Waals surface area contributed by atoms with Crippen LogP contribution >= 0.6 is 23.2 Å². The molecule has 1 aliphatic heterocycles. The summed E-state index contributed by atoms with van der Waals surface area (Å²) >= 11 is 12.3. The molecule has 1 nitrogen and oxygen atoms in total. The summed E-state index contributed by atoms with van der Waals surface area (Å²) in [5.41, 5.74) is 2.57. The molecule has 0 spiro atoms. The number of benzene rings is 2. The fourth-order valence-electron chi connectivity index (χ4n) is 2.59. The van der Waals surface area contributed by atoms with Crippen LogP contribution in [0.4, 0.5) is 0 Å². The molecule has 0 aromatic heterocycles. The van der Waals surface area contributed by atoms with Gasteiger partial charge in [0.15, 0.2) is 0 Å². The number of alkyl halides is 1. The highest BCUT2D eigenvalue weighted by Crippen LogP contribution is 2.38. The van der Waals surface area contributed by atoms with Crippen LogP contribution in [0.5, 0.6) is 0 Å². The second-order valence-corrected chi connectivity index (χ2v) is 5.92. The number of likely N-dealkylation sites (tertiary alicyclic amines) is 1. The maximum Gasteiger partial charge on any atom is 0.0660 e. The molecule has 0 saturated carbocycles. The van der Waals surface area contributed by atoms with E-state index in [-0.39, 0.29) is 5.38 Å². The normalized spacial score (nSPS) is 23.1. The third kappa shape index (κ3) is 2.79. The highest BCUT2D eigenvalue weighted by atomic mass is 35.5. The molecule has 19 heavy (non-hydrogen) atoms. The molecule has 0 unspecified atom stereocenters. The van der Waals surface area contributed by atoms with Crippen molar-refractivity contribution < 1.29 is 0 Å². The zero-order valence-corrected chi connectivity index (χ0v) is 12.0. The van der Waals surface area contributed by atoms with E-state index in [1.807, 2.05) is 18.2 Å². The Labute approximate surface area is 123 Å². The van der Waals surface area contributed by atoms with E-state index in [0.29, 0.717) is 6.04 Å². The first kappa shape index (κ1) is 13.0. The average molecular weight is 292 g/mol. The third-order valence-corrected chi connectivity index (χ3v) is 4.21. The smallest absolute Gasteiger partial charge is 0.0660 e. The van der Waals surface area contributed by atoms with Crippen molar-refractivity contribution in [3.8, 4) is 0 Å². The van der Waals surface area contributed by atoms with Crippen LogP contribution in [-0.2, 0) is 6.54 Å². The molecule has 0 bridgehead atoms. The molecular weight excluding hydrogens is 277 g/mol. The van der Waals surface area contributed by atoms with Crippen molar-refractivity contribution in [3.05, 3.63) is 70.7 Å². The quantitative estimate of drug-likeness (QED) is 0.753. The van der Waals surface area contributed by atoms with Crippen molar-refractivity contribution in [1.29, 1.82) is 0 Å². The van der Waals surface area contributed by atoms with Gasteiger partial charge in [-0.3, -0.25) is 4.90 Å². The summed E-state index contributed by atoms with van der Waals surface area (Å²) in [6.45, 7) is 1.88. The lowest BCUT2D eigenvalue weighted by atomic mass is 9.93. The minimum Gasteiger partial charge on any atom is -0.289 e. The topological polar surface area (TPSA) is 3.24 Å². The minimum atomic E-state index is 0.185. The molecule has 1 heterocycles. The highest BCUT2D eigenvalue weighted by molar-refractivity contribution is 6.30. The zero-order valence-electron chi connectivity index (χ0n) is 10.5. The van der Waals surface area contributed by atoms with Gasteiger partial charge < -0.3 is 0 Å². The first-order chi connectivity index (χ1) is 9.24. The Morgan fingerprint density at radius 3 is 2.32 bits per heavy atom. The van der Waals surface area contributed by atoms with E-state index in [1.165, 1.54) is 11.1 Å². The minimum absolute atomic E-state index is 0.185. The Morgan fingerprint density at radius 2 is 1.68 bits per heavy atom. The lowest BCUT2D eigenvalue weighted by molar-refractivity contribution is 0.0880. The van der Waals surface area contributed by atoms with E-state index < -0.39 is 0 Å². The number of rotatable bonds is 3. The van der Waals surface area contributed by atoms with E-state index in [2.05, 4.69) is 41.3 Å². The van der Waals surface area contributed by atoms with Gasteiger partial charge in [-0.25, -0.2) is 0 Å². The van der Waals surface area contributed by atoms with Crippen molar-refractivity contribution in [2.24, 2.45) is 0 Å². The maximum absolute atomic E-state index is 6.38. The molecule has 0 N–H and O–H groups in total. The summed E-state index contributed by atoms with van der Waals surface area (Å²) in [5.74, 6) is 0. The van der Waals surface area contributed by atoms with Crippen LogP contribution in [0.15, 0.2) is 54.6 Å². The van der Waals surface area contributed by atoms with Crippen LogP contribution in [0.3, 0.4) is 0 Å². The summed E-state index contributed by atoms with van der Waals surface area (Å²) in [7, 11) is 0. The van der Waals surface area contributed by atoms with Crippen LogP contribution in [0, 0.1) is 0 Å². The van der Waals surface area contributed by atoms with Gasteiger partial charge in [-0.15, -0.1) is 11.6 Å². The van der Waals surface area contributed by atoms with Gasteiger partial charge in [0, 0.05) is 18.1 Å². The van der Waals surface area contributed by atoms with Gasteiger partial charge in [0.05, 0.1) is 11.4 Å². The van der Waals surface area contributed by atoms with Crippen molar-refractivity contribution >= 4 is 23.2 Å². The number of halogens is 2. The van der Waals surface area contributed by atoms with E-state index >= 15 is 0 Å². The van der Waals surface area contributed by atoms with Gasteiger partial charge in [-0.05, 0) is 23.3 Å². The second kappa shape index (κ2) is 5.54. The molecule has 0 aliphatic carbocycles. The number of nitrogens with zero attached hydrogens (tertiary/aromatic N) is 1. The molecule has 0 amide bonds. The molecule has 3 rings (SSSR count). The summed E-state index contributed by atoms with van der Waals surface area (Å²) in [6.07, 6.45) is 0. The van der Waals surface area contributed by atoms with E-state index in [1.54, 1.807) is 0 Å². The second-order valence-electron chi connectivity index (χ2n) is 4.93. The van der Waals surface area contributed by atoms with Crippen molar-refractivity contribution in [2.75, 3.05) is 6.54 Å². The zero-order chi connectivity index (χ0) is 13.2. The predicted octanol–water partition coefficient (Wildman–Crippen LogP) is 4.50. The van der Waals surface area contributed by atoms with Crippen LogP contribution in [0.2, 0.25) is 5.02 Å². The fourth-order valence-corrected chi connectivity index (χ4v) is 3.20.